The molecule has 1 N–H and O–H groups in total. The second-order valence-corrected chi connectivity index (χ2v) is 4.31. The van der Waals surface area contributed by atoms with Gasteiger partial charge in [-0.15, -0.1) is 12.3 Å². The van der Waals surface area contributed by atoms with E-state index in [1.165, 1.54) is 11.3 Å². The SMILES string of the molecule is C#CCCCNc1ccc(Br)cc1CC. The van der Waals surface area contributed by atoms with Gasteiger partial charge in [0.25, 0.3) is 0 Å². The van der Waals surface area contributed by atoms with Crippen LogP contribution in [0.1, 0.15) is 25.3 Å². The van der Waals surface area contributed by atoms with E-state index in [4.69, 9.17) is 6.42 Å². The topological polar surface area (TPSA) is 12.0 Å². The molecule has 0 saturated heterocycles. The molecule has 0 aromatic heterocycles. The molecule has 1 nitrogen and oxygen atoms in total. The van der Waals surface area contributed by atoms with E-state index in [1.54, 1.807) is 0 Å². The molecule has 0 radical (unpaired) electrons. The second-order valence-electron chi connectivity index (χ2n) is 3.39. The Morgan fingerprint density at radius 2 is 2.27 bits per heavy atom. The van der Waals surface area contributed by atoms with E-state index < -0.39 is 0 Å². The predicted octanol–water partition coefficient (Wildman–Crippen LogP) is 3.84. The molecule has 1 aromatic carbocycles. The summed E-state index contributed by atoms with van der Waals surface area (Å²) < 4.78 is 1.13. The molecule has 2 heteroatoms. The normalized spacial score (nSPS) is 9.67. The highest BCUT2D eigenvalue weighted by Crippen LogP contribution is 2.21. The van der Waals surface area contributed by atoms with Crippen LogP contribution in [0, 0.1) is 12.3 Å². The molecule has 15 heavy (non-hydrogen) atoms. The lowest BCUT2D eigenvalue weighted by Crippen LogP contribution is -2.03. The van der Waals surface area contributed by atoms with Crippen LogP contribution in [0.25, 0.3) is 0 Å². The standard InChI is InChI=1S/C13H16BrN/c1-3-5-6-9-15-13-8-7-12(14)10-11(13)4-2/h1,7-8,10,15H,4-6,9H2,2H3. The molecule has 0 spiro atoms. The number of halogens is 1. The Labute approximate surface area is 100 Å². The lowest BCUT2D eigenvalue weighted by Gasteiger charge is -2.10. The summed E-state index contributed by atoms with van der Waals surface area (Å²) in [6.07, 6.45) is 8.10. The summed E-state index contributed by atoms with van der Waals surface area (Å²) in [4.78, 5) is 0. The average Bonchev–Trinajstić information content (AvgIpc) is 2.26. The highest BCUT2D eigenvalue weighted by molar-refractivity contribution is 9.10. The van der Waals surface area contributed by atoms with Gasteiger partial charge in [-0.1, -0.05) is 22.9 Å². The minimum absolute atomic E-state index is 0.838. The molecular formula is C13H16BrN. The van der Waals surface area contributed by atoms with Gasteiger partial charge in [0.1, 0.15) is 0 Å². The van der Waals surface area contributed by atoms with E-state index >= 15 is 0 Å². The maximum atomic E-state index is 5.20. The van der Waals surface area contributed by atoms with Gasteiger partial charge in [0, 0.05) is 23.1 Å². The summed E-state index contributed by atoms with van der Waals surface area (Å²) in [5, 5.41) is 3.41. The summed E-state index contributed by atoms with van der Waals surface area (Å²) >= 11 is 3.48. The zero-order valence-electron chi connectivity index (χ0n) is 9.02. The first-order valence-electron chi connectivity index (χ1n) is 5.23. The summed E-state index contributed by atoms with van der Waals surface area (Å²) in [5.74, 6) is 2.64. The Balaban J connectivity index is 2.57. The van der Waals surface area contributed by atoms with Gasteiger partial charge in [0.15, 0.2) is 0 Å². The van der Waals surface area contributed by atoms with Crippen molar-refractivity contribution < 1.29 is 0 Å². The monoisotopic (exact) mass is 265 g/mol. The maximum absolute atomic E-state index is 5.20. The van der Waals surface area contributed by atoms with Crippen LogP contribution >= 0.6 is 15.9 Å². The van der Waals surface area contributed by atoms with Crippen LogP contribution in [-0.4, -0.2) is 6.54 Å². The Kier molecular flexibility index (Phi) is 5.28. The summed E-state index contributed by atoms with van der Waals surface area (Å²) in [6, 6.07) is 6.32. The molecule has 0 aliphatic carbocycles. The first kappa shape index (κ1) is 12.1. The molecular weight excluding hydrogens is 250 g/mol. The van der Waals surface area contributed by atoms with Gasteiger partial charge < -0.3 is 5.32 Å². The molecule has 1 rings (SSSR count). The molecule has 1 aromatic rings. The summed E-state index contributed by atoms with van der Waals surface area (Å²) in [7, 11) is 0. The van der Waals surface area contributed by atoms with E-state index in [0.717, 1.165) is 30.3 Å². The van der Waals surface area contributed by atoms with E-state index in [9.17, 15) is 0 Å². The number of nitrogens with one attached hydrogen (secondary N) is 1. The van der Waals surface area contributed by atoms with Crippen LogP contribution in [0.15, 0.2) is 22.7 Å². The molecule has 0 bridgehead atoms. The van der Waals surface area contributed by atoms with Gasteiger partial charge in [-0.2, -0.15) is 0 Å². The van der Waals surface area contributed by atoms with Crippen LogP contribution in [0.2, 0.25) is 0 Å². The Hall–Kier alpha value is -0.940. The first-order valence-corrected chi connectivity index (χ1v) is 6.03. The lowest BCUT2D eigenvalue weighted by atomic mass is 10.1. The van der Waals surface area contributed by atoms with Crippen molar-refractivity contribution in [3.8, 4) is 12.3 Å². The molecule has 0 aliphatic rings. The smallest absolute Gasteiger partial charge is 0.0373 e. The van der Waals surface area contributed by atoms with E-state index in [0.29, 0.717) is 0 Å². The number of unbranched alkanes of at least 4 members (excludes halogenated alkanes) is 1. The summed E-state index contributed by atoms with van der Waals surface area (Å²) in [5.41, 5.74) is 2.56. The predicted molar refractivity (Wildman–Crippen MR) is 70.1 cm³/mol. The van der Waals surface area contributed by atoms with Crippen molar-refractivity contribution in [2.24, 2.45) is 0 Å². The number of hydrogen-bond donors (Lipinski definition) is 1. The van der Waals surface area contributed by atoms with Crippen molar-refractivity contribution >= 4 is 21.6 Å². The Bertz CT molecular complexity index is 352. The molecule has 0 atom stereocenters. The highest BCUT2D eigenvalue weighted by Gasteiger charge is 2.00. The number of benzene rings is 1. The van der Waals surface area contributed by atoms with Gasteiger partial charge in [0.2, 0.25) is 0 Å². The van der Waals surface area contributed by atoms with Crippen LogP contribution in [-0.2, 0) is 6.42 Å². The van der Waals surface area contributed by atoms with Crippen LogP contribution in [0.4, 0.5) is 5.69 Å². The quantitative estimate of drug-likeness (QED) is 0.630. The molecule has 0 saturated carbocycles. The van der Waals surface area contributed by atoms with E-state index in [-0.39, 0.29) is 0 Å². The molecule has 80 valence electrons. The van der Waals surface area contributed by atoms with Gasteiger partial charge in [0.05, 0.1) is 0 Å². The third-order valence-electron chi connectivity index (χ3n) is 2.26. The van der Waals surface area contributed by atoms with Crippen LogP contribution in [0.3, 0.4) is 0 Å². The summed E-state index contributed by atoms with van der Waals surface area (Å²) in [6.45, 7) is 3.10. The zero-order chi connectivity index (χ0) is 11.1. The van der Waals surface area contributed by atoms with Crippen molar-refractivity contribution in [3.05, 3.63) is 28.2 Å². The van der Waals surface area contributed by atoms with Crippen molar-refractivity contribution in [1.29, 1.82) is 0 Å². The van der Waals surface area contributed by atoms with E-state index in [1.807, 2.05) is 0 Å². The second kappa shape index (κ2) is 6.53. The minimum atomic E-state index is 0.838. The number of terminal acetylenes is 1. The third-order valence-corrected chi connectivity index (χ3v) is 2.75. The van der Waals surface area contributed by atoms with Gasteiger partial charge in [-0.3, -0.25) is 0 Å². The van der Waals surface area contributed by atoms with Crippen molar-refractivity contribution in [2.75, 3.05) is 11.9 Å². The number of hydrogen-bond acceptors (Lipinski definition) is 1. The van der Waals surface area contributed by atoms with Crippen LogP contribution in [0.5, 0.6) is 0 Å². The molecule has 0 amide bonds. The average molecular weight is 266 g/mol. The fraction of sp³-hybridized carbons (Fsp3) is 0.385. The third kappa shape index (κ3) is 3.97. The van der Waals surface area contributed by atoms with Crippen molar-refractivity contribution in [3.63, 3.8) is 0 Å². The fourth-order valence-electron chi connectivity index (χ4n) is 1.44. The Morgan fingerprint density at radius 3 is 2.93 bits per heavy atom. The number of aryl methyl sites for hydroxylation is 1. The van der Waals surface area contributed by atoms with Gasteiger partial charge in [-0.05, 0) is 36.6 Å². The molecule has 0 fully saturated rings. The zero-order valence-corrected chi connectivity index (χ0v) is 10.6. The largest absolute Gasteiger partial charge is 0.385 e. The minimum Gasteiger partial charge on any atom is -0.385 e. The first-order chi connectivity index (χ1) is 7.27. The molecule has 0 unspecified atom stereocenters. The van der Waals surface area contributed by atoms with E-state index in [2.05, 4.69) is 52.3 Å². The maximum Gasteiger partial charge on any atom is 0.0373 e. The van der Waals surface area contributed by atoms with Gasteiger partial charge in [-0.25, -0.2) is 0 Å². The molecule has 0 aliphatic heterocycles. The van der Waals surface area contributed by atoms with Crippen LogP contribution < -0.4 is 5.32 Å². The highest BCUT2D eigenvalue weighted by atomic mass is 79.9. The van der Waals surface area contributed by atoms with Gasteiger partial charge >= 0.3 is 0 Å². The number of anilines is 1. The molecule has 0 heterocycles. The fourth-order valence-corrected chi connectivity index (χ4v) is 1.85. The lowest BCUT2D eigenvalue weighted by molar-refractivity contribution is 0.904. The Morgan fingerprint density at radius 1 is 1.47 bits per heavy atom. The van der Waals surface area contributed by atoms with Crippen molar-refractivity contribution in [1.82, 2.24) is 0 Å². The number of rotatable bonds is 5. The van der Waals surface area contributed by atoms with Crippen molar-refractivity contribution in [2.45, 2.75) is 26.2 Å².